The number of hydrogen-bond donors (Lipinski definition) is 1. The van der Waals surface area contributed by atoms with Gasteiger partial charge in [0.25, 0.3) is 5.69 Å². The van der Waals surface area contributed by atoms with E-state index in [1.54, 1.807) is 0 Å². The fourth-order valence-electron chi connectivity index (χ4n) is 2.00. The molecular weight excluding hydrogens is 338 g/mol. The van der Waals surface area contributed by atoms with Crippen LogP contribution in [0, 0.1) is 20.2 Å². The number of nitro groups is 2. The minimum absolute atomic E-state index is 0.132. The average molecular weight is 346 g/mol. The number of benzene rings is 2. The van der Waals surface area contributed by atoms with Gasteiger partial charge < -0.3 is 4.74 Å². The van der Waals surface area contributed by atoms with Gasteiger partial charge in [-0.1, -0.05) is 17.2 Å². The van der Waals surface area contributed by atoms with E-state index in [-0.39, 0.29) is 22.9 Å². The Bertz CT molecular complexity index is 1030. The lowest BCUT2D eigenvalue weighted by molar-refractivity contribution is -0.725. The molecule has 0 spiro atoms. The van der Waals surface area contributed by atoms with Crippen molar-refractivity contribution in [3.63, 3.8) is 0 Å². The molecule has 0 aliphatic heterocycles. The minimum Gasteiger partial charge on any atom is -0.443 e. The summed E-state index contributed by atoms with van der Waals surface area (Å²) in [7, 11) is 0. The van der Waals surface area contributed by atoms with Gasteiger partial charge in [-0.25, -0.2) is 9.32 Å². The summed E-state index contributed by atoms with van der Waals surface area (Å²) in [4.78, 5) is 32.8. The highest BCUT2D eigenvalue weighted by Gasteiger charge is 2.25. The van der Waals surface area contributed by atoms with Crippen LogP contribution in [0.1, 0.15) is 0 Å². The second-order valence-corrected chi connectivity index (χ2v) is 4.62. The second kappa shape index (κ2) is 6.19. The molecule has 1 N–H and O–H groups in total. The Morgan fingerprint density at radius 2 is 1.72 bits per heavy atom. The van der Waals surface area contributed by atoms with Crippen molar-refractivity contribution in [3.8, 4) is 17.2 Å². The number of para-hydroxylation sites is 2. The summed E-state index contributed by atoms with van der Waals surface area (Å²) in [6, 6.07) is 9.13. The predicted molar refractivity (Wildman–Crippen MR) is 78.5 cm³/mol. The fourth-order valence-corrected chi connectivity index (χ4v) is 2.00. The summed E-state index contributed by atoms with van der Waals surface area (Å²) in [6.07, 6.45) is 0. The van der Waals surface area contributed by atoms with E-state index >= 15 is 0 Å². The molecule has 3 rings (SSSR count). The van der Waals surface area contributed by atoms with Crippen molar-refractivity contribution in [2.24, 2.45) is 0 Å². The van der Waals surface area contributed by atoms with E-state index in [0.29, 0.717) is 0 Å². The van der Waals surface area contributed by atoms with Crippen molar-refractivity contribution in [3.05, 3.63) is 73.2 Å². The second-order valence-electron chi connectivity index (χ2n) is 4.62. The van der Waals surface area contributed by atoms with Crippen LogP contribution in [0.4, 0.5) is 11.4 Å². The summed E-state index contributed by atoms with van der Waals surface area (Å²) < 4.78 is 9.66. The maximum Gasteiger partial charge on any atom is 0.493 e. The number of hydrogen-bond acceptors (Lipinski definition) is 8. The minimum atomic E-state index is -0.845. The summed E-state index contributed by atoms with van der Waals surface area (Å²) in [5.74, 6) is -1.21. The molecule has 0 atom stereocenters. The Morgan fingerprint density at radius 3 is 2.36 bits per heavy atom. The average Bonchev–Trinajstić information content (AvgIpc) is 3.02. The SMILES string of the molecule is O=c1[nH][n+](-c2ccc(Oc3ccccc3[N+](=O)[O-])c([N+](=O)[O-])c2)no1. The largest absolute Gasteiger partial charge is 0.493 e. The molecule has 1 aromatic heterocycles. The molecule has 25 heavy (non-hydrogen) atoms. The van der Waals surface area contributed by atoms with E-state index in [1.165, 1.54) is 36.4 Å². The van der Waals surface area contributed by atoms with E-state index in [2.05, 4.69) is 14.9 Å². The number of rotatable bonds is 5. The Labute approximate surface area is 137 Å². The van der Waals surface area contributed by atoms with Gasteiger partial charge in [0.05, 0.1) is 20.7 Å². The molecule has 0 unspecified atom stereocenters. The van der Waals surface area contributed by atoms with Gasteiger partial charge >= 0.3 is 17.1 Å². The topological polar surface area (TPSA) is 158 Å². The fraction of sp³-hybridized carbons (Fsp3) is 0. The van der Waals surface area contributed by atoms with E-state index in [4.69, 9.17) is 4.74 Å². The number of H-pyrrole nitrogens is 1. The molecule has 2 aromatic carbocycles. The quantitative estimate of drug-likeness (QED) is 0.410. The highest BCUT2D eigenvalue weighted by molar-refractivity contribution is 5.55. The zero-order valence-electron chi connectivity index (χ0n) is 12.2. The summed E-state index contributed by atoms with van der Waals surface area (Å²) in [5, 5.41) is 27.8. The molecule has 12 nitrogen and oxygen atoms in total. The summed E-state index contributed by atoms with van der Waals surface area (Å²) in [5.41, 5.74) is -0.685. The monoisotopic (exact) mass is 346 g/mol. The molecule has 12 heteroatoms. The smallest absolute Gasteiger partial charge is 0.443 e. The molecule has 3 aromatic rings. The van der Waals surface area contributed by atoms with Crippen LogP contribution in [0.3, 0.4) is 0 Å². The number of ether oxygens (including phenoxy) is 1. The van der Waals surface area contributed by atoms with Crippen LogP contribution in [0.5, 0.6) is 11.5 Å². The first kappa shape index (κ1) is 15.8. The van der Waals surface area contributed by atoms with Crippen LogP contribution < -0.4 is 15.3 Å². The Hall–Kier alpha value is -4.09. The van der Waals surface area contributed by atoms with E-state index in [0.717, 1.165) is 10.9 Å². The van der Waals surface area contributed by atoms with Gasteiger partial charge in [0, 0.05) is 12.1 Å². The van der Waals surface area contributed by atoms with Crippen LogP contribution in [-0.2, 0) is 0 Å². The van der Waals surface area contributed by atoms with Gasteiger partial charge in [0.2, 0.25) is 16.8 Å². The Balaban J connectivity index is 2.04. The molecule has 0 fully saturated rings. The molecule has 126 valence electrons. The first-order valence-corrected chi connectivity index (χ1v) is 6.64. The zero-order valence-corrected chi connectivity index (χ0v) is 12.2. The van der Waals surface area contributed by atoms with Crippen molar-refractivity contribution in [1.29, 1.82) is 0 Å². The lowest BCUT2D eigenvalue weighted by Crippen LogP contribution is -2.37. The van der Waals surface area contributed by atoms with Crippen LogP contribution in [0.2, 0.25) is 0 Å². The lowest BCUT2D eigenvalue weighted by Gasteiger charge is -2.06. The molecule has 0 radical (unpaired) electrons. The number of nitro benzene ring substituents is 2. The van der Waals surface area contributed by atoms with Gasteiger partial charge in [-0.05, 0) is 12.1 Å². The number of aromatic nitrogens is 3. The van der Waals surface area contributed by atoms with Crippen molar-refractivity contribution >= 4 is 11.4 Å². The Kier molecular flexibility index (Phi) is 3.91. The van der Waals surface area contributed by atoms with Gasteiger partial charge in [-0.2, -0.15) is 0 Å². The van der Waals surface area contributed by atoms with E-state index in [1.807, 2.05) is 0 Å². The summed E-state index contributed by atoms with van der Waals surface area (Å²) >= 11 is 0. The zero-order chi connectivity index (χ0) is 18.0. The van der Waals surface area contributed by atoms with Crippen LogP contribution in [-0.4, -0.2) is 20.2 Å². The molecular formula is C13H8N5O7+. The lowest BCUT2D eigenvalue weighted by atomic mass is 10.2. The third-order valence-corrected chi connectivity index (χ3v) is 3.07. The van der Waals surface area contributed by atoms with Gasteiger partial charge in [-0.15, -0.1) is 0 Å². The first-order valence-electron chi connectivity index (χ1n) is 6.64. The van der Waals surface area contributed by atoms with E-state index in [9.17, 15) is 25.0 Å². The van der Waals surface area contributed by atoms with Gasteiger partial charge in [0.1, 0.15) is 0 Å². The maximum atomic E-state index is 11.3. The third-order valence-electron chi connectivity index (χ3n) is 3.07. The molecule has 0 bridgehead atoms. The maximum absolute atomic E-state index is 11.3. The normalized spacial score (nSPS) is 10.4. The van der Waals surface area contributed by atoms with Crippen molar-refractivity contribution in [2.75, 3.05) is 0 Å². The van der Waals surface area contributed by atoms with Crippen molar-refractivity contribution in [1.82, 2.24) is 10.4 Å². The number of aromatic amines is 1. The van der Waals surface area contributed by atoms with Gasteiger partial charge in [-0.3, -0.25) is 20.2 Å². The third kappa shape index (κ3) is 3.17. The molecule has 0 amide bonds. The molecule has 1 heterocycles. The number of nitrogens with zero attached hydrogens (tertiary/aromatic N) is 4. The molecule has 0 aliphatic carbocycles. The van der Waals surface area contributed by atoms with Crippen LogP contribution >= 0.6 is 0 Å². The van der Waals surface area contributed by atoms with Gasteiger partial charge in [0.15, 0.2) is 0 Å². The highest BCUT2D eigenvalue weighted by atomic mass is 16.6. The molecule has 0 saturated heterocycles. The standard InChI is InChI=1S/C13H7N5O7/c19-13-14-16(15-25-13)8-5-6-12(10(7-8)18(22)23)24-11-4-2-1-3-9(11)17(20)21/h1-7H/p+1. The van der Waals surface area contributed by atoms with Crippen LogP contribution in [0.25, 0.3) is 5.69 Å². The predicted octanol–water partition coefficient (Wildman–Crippen LogP) is 1.25. The van der Waals surface area contributed by atoms with Crippen molar-refractivity contribution < 1.29 is 23.9 Å². The van der Waals surface area contributed by atoms with Crippen LogP contribution in [0.15, 0.2) is 51.8 Å². The number of nitrogens with one attached hydrogen (secondary N) is 1. The molecule has 0 saturated carbocycles. The molecule has 0 aliphatic rings. The van der Waals surface area contributed by atoms with E-state index < -0.39 is 21.3 Å². The summed E-state index contributed by atoms with van der Waals surface area (Å²) in [6.45, 7) is 0. The Morgan fingerprint density at radius 1 is 1.04 bits per heavy atom. The highest BCUT2D eigenvalue weighted by Crippen LogP contribution is 2.36. The first-order chi connectivity index (χ1) is 12.0. The van der Waals surface area contributed by atoms with Crippen molar-refractivity contribution in [2.45, 2.75) is 0 Å².